The van der Waals surface area contributed by atoms with Gasteiger partial charge in [-0.3, -0.25) is 9.48 Å². The van der Waals surface area contributed by atoms with Crippen LogP contribution in [-0.2, 0) is 6.54 Å². The van der Waals surface area contributed by atoms with Crippen molar-refractivity contribution in [3.63, 3.8) is 0 Å². The standard InChI is InChI=1S/C24H29N5O/c1-5-28(6-2)22-14-12-21(13-15-22)24(30)26-25-16-23-18(3)27-29(19(23)4)17-20-10-8-7-9-11-20/h7-16H,5-6,17H2,1-4H3,(H,26,30)/b25-16+. The van der Waals surface area contributed by atoms with Crippen molar-refractivity contribution >= 4 is 17.8 Å². The number of nitrogens with one attached hydrogen (secondary N) is 1. The molecule has 3 aromatic rings. The topological polar surface area (TPSA) is 62.5 Å². The van der Waals surface area contributed by atoms with Crippen molar-refractivity contribution in [2.75, 3.05) is 18.0 Å². The van der Waals surface area contributed by atoms with Crippen molar-refractivity contribution in [1.29, 1.82) is 0 Å². The average Bonchev–Trinajstić information content (AvgIpc) is 3.03. The van der Waals surface area contributed by atoms with Gasteiger partial charge in [-0.1, -0.05) is 30.3 Å². The van der Waals surface area contributed by atoms with E-state index >= 15 is 0 Å². The van der Waals surface area contributed by atoms with Crippen LogP contribution in [0.4, 0.5) is 5.69 Å². The quantitative estimate of drug-likeness (QED) is 0.454. The summed E-state index contributed by atoms with van der Waals surface area (Å²) in [6, 6.07) is 17.8. The fourth-order valence-corrected chi connectivity index (χ4v) is 3.44. The van der Waals surface area contributed by atoms with Gasteiger partial charge in [-0.15, -0.1) is 0 Å². The second-order valence-electron chi connectivity index (χ2n) is 7.15. The molecule has 0 spiro atoms. The summed E-state index contributed by atoms with van der Waals surface area (Å²) < 4.78 is 1.96. The molecule has 3 rings (SSSR count). The fraction of sp³-hybridized carbons (Fsp3) is 0.292. The fourth-order valence-electron chi connectivity index (χ4n) is 3.44. The molecular formula is C24H29N5O. The summed E-state index contributed by atoms with van der Waals surface area (Å²) in [7, 11) is 0. The first kappa shape index (κ1) is 21.3. The van der Waals surface area contributed by atoms with Crippen molar-refractivity contribution in [3.05, 3.63) is 82.7 Å². The second-order valence-corrected chi connectivity index (χ2v) is 7.15. The summed E-state index contributed by atoms with van der Waals surface area (Å²) in [6.07, 6.45) is 1.67. The second kappa shape index (κ2) is 9.87. The van der Waals surface area contributed by atoms with Gasteiger partial charge in [-0.2, -0.15) is 10.2 Å². The molecule has 0 aliphatic heterocycles. The molecule has 1 heterocycles. The highest BCUT2D eigenvalue weighted by molar-refractivity contribution is 5.95. The van der Waals surface area contributed by atoms with Crippen LogP contribution in [0.25, 0.3) is 0 Å². The lowest BCUT2D eigenvalue weighted by atomic mass is 10.2. The van der Waals surface area contributed by atoms with Gasteiger partial charge in [-0.25, -0.2) is 5.43 Å². The van der Waals surface area contributed by atoms with E-state index in [-0.39, 0.29) is 5.91 Å². The van der Waals surface area contributed by atoms with E-state index in [2.05, 4.69) is 46.5 Å². The van der Waals surface area contributed by atoms with Crippen LogP contribution in [0, 0.1) is 13.8 Å². The molecule has 0 radical (unpaired) electrons. The first-order valence-electron chi connectivity index (χ1n) is 10.3. The first-order chi connectivity index (χ1) is 14.5. The van der Waals surface area contributed by atoms with Crippen LogP contribution in [0.2, 0.25) is 0 Å². The Balaban J connectivity index is 1.65. The lowest BCUT2D eigenvalue weighted by Gasteiger charge is -2.20. The zero-order valence-corrected chi connectivity index (χ0v) is 18.1. The van der Waals surface area contributed by atoms with E-state index in [4.69, 9.17) is 0 Å². The van der Waals surface area contributed by atoms with E-state index in [0.29, 0.717) is 12.1 Å². The number of hydrogen-bond donors (Lipinski definition) is 1. The Bertz CT molecular complexity index is 1000. The molecule has 0 saturated carbocycles. The minimum atomic E-state index is -0.232. The Hall–Kier alpha value is -3.41. The van der Waals surface area contributed by atoms with E-state index in [1.165, 1.54) is 5.56 Å². The SMILES string of the molecule is CCN(CC)c1ccc(C(=O)N/N=C/c2c(C)nn(Cc3ccccc3)c2C)cc1. The first-order valence-corrected chi connectivity index (χ1v) is 10.3. The van der Waals surface area contributed by atoms with Gasteiger partial charge in [0.2, 0.25) is 0 Å². The number of hydrazone groups is 1. The van der Waals surface area contributed by atoms with E-state index in [0.717, 1.165) is 35.7 Å². The maximum atomic E-state index is 12.4. The molecule has 30 heavy (non-hydrogen) atoms. The smallest absolute Gasteiger partial charge is 0.271 e. The number of amides is 1. The molecular weight excluding hydrogens is 374 g/mol. The molecule has 1 amide bonds. The lowest BCUT2D eigenvalue weighted by molar-refractivity contribution is 0.0955. The van der Waals surface area contributed by atoms with Crippen LogP contribution in [0.1, 0.15) is 46.7 Å². The molecule has 0 saturated heterocycles. The van der Waals surface area contributed by atoms with Gasteiger partial charge in [0.1, 0.15) is 0 Å². The molecule has 1 aromatic heterocycles. The molecule has 0 aliphatic carbocycles. The van der Waals surface area contributed by atoms with Crippen LogP contribution >= 0.6 is 0 Å². The number of nitrogens with zero attached hydrogens (tertiary/aromatic N) is 4. The van der Waals surface area contributed by atoms with Gasteiger partial charge >= 0.3 is 0 Å². The highest BCUT2D eigenvalue weighted by Crippen LogP contribution is 2.15. The molecule has 0 bridgehead atoms. The van der Waals surface area contributed by atoms with E-state index in [1.807, 2.05) is 61.0 Å². The summed E-state index contributed by atoms with van der Waals surface area (Å²) in [5.74, 6) is -0.232. The van der Waals surface area contributed by atoms with Crippen LogP contribution in [-0.4, -0.2) is 35.0 Å². The van der Waals surface area contributed by atoms with Crippen LogP contribution in [0.15, 0.2) is 59.7 Å². The number of aromatic nitrogens is 2. The average molecular weight is 404 g/mol. The highest BCUT2D eigenvalue weighted by Gasteiger charge is 2.11. The number of rotatable bonds is 8. The Morgan fingerprint density at radius 1 is 1.07 bits per heavy atom. The number of carbonyl (C=O) groups excluding carboxylic acids is 1. The maximum absolute atomic E-state index is 12.4. The number of carbonyl (C=O) groups is 1. The monoisotopic (exact) mass is 403 g/mol. The summed E-state index contributed by atoms with van der Waals surface area (Å²) in [6.45, 7) is 10.8. The predicted octanol–water partition coefficient (Wildman–Crippen LogP) is 4.16. The van der Waals surface area contributed by atoms with Crippen LogP contribution < -0.4 is 10.3 Å². The number of anilines is 1. The summed E-state index contributed by atoms with van der Waals surface area (Å²) in [5, 5.41) is 8.77. The lowest BCUT2D eigenvalue weighted by Crippen LogP contribution is -2.22. The molecule has 0 atom stereocenters. The largest absolute Gasteiger partial charge is 0.372 e. The third-order valence-corrected chi connectivity index (χ3v) is 5.23. The minimum Gasteiger partial charge on any atom is -0.372 e. The van der Waals surface area contributed by atoms with Gasteiger partial charge in [0.05, 0.1) is 18.5 Å². The third-order valence-electron chi connectivity index (χ3n) is 5.23. The maximum Gasteiger partial charge on any atom is 0.271 e. The summed E-state index contributed by atoms with van der Waals surface area (Å²) in [4.78, 5) is 14.6. The zero-order valence-electron chi connectivity index (χ0n) is 18.1. The van der Waals surface area contributed by atoms with Gasteiger partial charge < -0.3 is 4.90 Å². The van der Waals surface area contributed by atoms with Gasteiger partial charge in [0, 0.05) is 35.6 Å². The van der Waals surface area contributed by atoms with Crippen LogP contribution in [0.5, 0.6) is 0 Å². The van der Waals surface area contributed by atoms with Crippen molar-refractivity contribution in [2.45, 2.75) is 34.2 Å². The van der Waals surface area contributed by atoms with Gasteiger partial charge in [0.25, 0.3) is 5.91 Å². The normalized spacial score (nSPS) is 11.1. The minimum absolute atomic E-state index is 0.232. The Morgan fingerprint density at radius 2 is 1.73 bits per heavy atom. The molecule has 2 aromatic carbocycles. The van der Waals surface area contributed by atoms with Crippen molar-refractivity contribution < 1.29 is 4.79 Å². The molecule has 156 valence electrons. The molecule has 6 heteroatoms. The Morgan fingerprint density at radius 3 is 2.37 bits per heavy atom. The summed E-state index contributed by atoms with van der Waals surface area (Å²) >= 11 is 0. The molecule has 0 aliphatic rings. The van der Waals surface area contributed by atoms with E-state index < -0.39 is 0 Å². The zero-order chi connectivity index (χ0) is 21.5. The van der Waals surface area contributed by atoms with Crippen molar-refractivity contribution in [1.82, 2.24) is 15.2 Å². The number of aryl methyl sites for hydroxylation is 1. The number of benzene rings is 2. The van der Waals surface area contributed by atoms with Crippen molar-refractivity contribution in [2.24, 2.45) is 5.10 Å². The Labute approximate surface area is 178 Å². The molecule has 0 unspecified atom stereocenters. The highest BCUT2D eigenvalue weighted by atomic mass is 16.2. The molecule has 0 fully saturated rings. The van der Waals surface area contributed by atoms with Gasteiger partial charge in [-0.05, 0) is 57.5 Å². The molecule has 1 N–H and O–H groups in total. The Kier molecular flexibility index (Phi) is 7.01. The van der Waals surface area contributed by atoms with E-state index in [1.54, 1.807) is 6.21 Å². The number of hydrogen-bond acceptors (Lipinski definition) is 4. The van der Waals surface area contributed by atoms with Gasteiger partial charge in [0.15, 0.2) is 0 Å². The van der Waals surface area contributed by atoms with Crippen molar-refractivity contribution in [3.8, 4) is 0 Å². The third kappa shape index (κ3) is 4.95. The van der Waals surface area contributed by atoms with Crippen LogP contribution in [0.3, 0.4) is 0 Å². The summed E-state index contributed by atoms with van der Waals surface area (Å²) in [5.41, 5.74) is 8.30. The predicted molar refractivity (Wildman–Crippen MR) is 122 cm³/mol. The van der Waals surface area contributed by atoms with E-state index in [9.17, 15) is 4.79 Å². The molecule has 6 nitrogen and oxygen atoms in total.